The molecule has 0 spiro atoms. The van der Waals surface area contributed by atoms with Crippen molar-refractivity contribution >= 4 is 35.7 Å². The van der Waals surface area contributed by atoms with Crippen LogP contribution < -0.4 is 11.1 Å². The molecule has 1 amide bonds. The normalized spacial score (nSPS) is 11.8. The van der Waals surface area contributed by atoms with E-state index >= 15 is 0 Å². The third-order valence-corrected chi connectivity index (χ3v) is 5.54. The Morgan fingerprint density at radius 1 is 1.03 bits per heavy atom. The Hall–Kier alpha value is -3.91. The molecule has 0 saturated heterocycles. The topological polar surface area (TPSA) is 98.2 Å². The minimum absolute atomic E-state index is 0.203. The molecule has 1 aliphatic rings. The van der Waals surface area contributed by atoms with E-state index in [0.29, 0.717) is 21.7 Å². The molecule has 3 aromatic carbocycles. The number of oxazole rings is 1. The summed E-state index contributed by atoms with van der Waals surface area (Å²) in [7, 11) is 0. The van der Waals surface area contributed by atoms with Gasteiger partial charge in [0.15, 0.2) is 0 Å². The maximum atomic E-state index is 13.2. The minimum Gasteiger partial charge on any atom is -0.432 e. The van der Waals surface area contributed by atoms with E-state index in [4.69, 9.17) is 10.2 Å². The van der Waals surface area contributed by atoms with Gasteiger partial charge in [0.05, 0.1) is 11.3 Å². The van der Waals surface area contributed by atoms with E-state index in [1.165, 1.54) is 23.9 Å². The maximum absolute atomic E-state index is 13.2. The number of nitrogens with zero attached hydrogens (tertiary/aromatic N) is 1. The van der Waals surface area contributed by atoms with Crippen LogP contribution in [0, 0.1) is 5.82 Å². The fraction of sp³-hybridized carbons (Fsp3) is 0. The molecule has 0 aliphatic carbocycles. The number of carbonyl (C=O) groups is 2. The predicted molar refractivity (Wildman–Crippen MR) is 117 cm³/mol. The summed E-state index contributed by atoms with van der Waals surface area (Å²) >= 11 is 1.37. The van der Waals surface area contributed by atoms with Crippen molar-refractivity contribution in [1.82, 2.24) is 4.98 Å². The van der Waals surface area contributed by atoms with Crippen molar-refractivity contribution < 1.29 is 18.4 Å². The van der Waals surface area contributed by atoms with E-state index in [-0.39, 0.29) is 11.9 Å². The Balaban J connectivity index is 0.000000166. The third kappa shape index (κ3) is 4.65. The highest BCUT2D eigenvalue weighted by molar-refractivity contribution is 7.99. The van der Waals surface area contributed by atoms with Gasteiger partial charge in [0.25, 0.3) is 11.9 Å². The molecule has 31 heavy (non-hydrogen) atoms. The lowest BCUT2D eigenvalue weighted by Gasteiger charge is -2.05. The van der Waals surface area contributed by atoms with Crippen molar-refractivity contribution in [1.29, 1.82) is 0 Å². The first-order valence-electron chi connectivity index (χ1n) is 9.18. The van der Waals surface area contributed by atoms with Crippen LogP contribution in [-0.4, -0.2) is 17.2 Å². The summed E-state index contributed by atoms with van der Waals surface area (Å²) < 4.78 is 18.1. The maximum Gasteiger partial charge on any atom is 0.292 e. The molecule has 8 heteroatoms. The summed E-state index contributed by atoms with van der Waals surface area (Å²) in [6, 6.07) is 19.1. The van der Waals surface area contributed by atoms with Crippen LogP contribution in [0.4, 0.5) is 16.1 Å². The molecular formula is C23H16FN3O3S. The first-order valence-corrected chi connectivity index (χ1v) is 9.99. The van der Waals surface area contributed by atoms with Gasteiger partial charge in [0.2, 0.25) is 0 Å². The molecule has 154 valence electrons. The molecular weight excluding hydrogens is 417 g/mol. The Kier molecular flexibility index (Phi) is 5.81. The number of amides is 1. The molecule has 0 unspecified atom stereocenters. The van der Waals surface area contributed by atoms with Gasteiger partial charge in [-0.2, -0.15) is 4.98 Å². The molecule has 4 aromatic rings. The van der Waals surface area contributed by atoms with Crippen molar-refractivity contribution in [3.8, 4) is 11.3 Å². The number of hydrogen-bond acceptors (Lipinski definition) is 6. The van der Waals surface area contributed by atoms with Crippen LogP contribution in [0.1, 0.15) is 20.7 Å². The van der Waals surface area contributed by atoms with Gasteiger partial charge in [0.1, 0.15) is 24.1 Å². The first-order chi connectivity index (χ1) is 15.0. The van der Waals surface area contributed by atoms with Gasteiger partial charge in [-0.1, -0.05) is 48.2 Å². The largest absolute Gasteiger partial charge is 0.432 e. The average molecular weight is 433 g/mol. The standard InChI is InChI=1S/C14H8FNO2S.C9H8N2O/c15-9-2-4-12-10(6-9)14(18)16-11-5-8(7-17)1-3-13(11)19-12;10-9-11-8(6-12-9)7-4-2-1-3-5-7/h1-7H,(H,16,18);1-6H,(H2,10,11). The first kappa shape index (κ1) is 20.4. The van der Waals surface area contributed by atoms with Gasteiger partial charge in [-0.15, -0.1) is 0 Å². The summed E-state index contributed by atoms with van der Waals surface area (Å²) in [6.45, 7) is 0. The molecule has 2 heterocycles. The van der Waals surface area contributed by atoms with Crippen molar-refractivity contribution in [3.05, 3.63) is 89.9 Å². The van der Waals surface area contributed by atoms with Crippen LogP contribution in [0.2, 0.25) is 0 Å². The molecule has 0 bridgehead atoms. The van der Waals surface area contributed by atoms with Crippen LogP contribution in [0.5, 0.6) is 0 Å². The Bertz CT molecular complexity index is 1260. The number of fused-ring (bicyclic) bond motifs is 2. The molecule has 1 aromatic heterocycles. The fourth-order valence-electron chi connectivity index (χ4n) is 2.91. The van der Waals surface area contributed by atoms with Gasteiger partial charge in [-0.25, -0.2) is 4.39 Å². The third-order valence-electron chi connectivity index (χ3n) is 4.39. The Morgan fingerprint density at radius 2 is 1.81 bits per heavy atom. The Morgan fingerprint density at radius 3 is 2.52 bits per heavy atom. The zero-order chi connectivity index (χ0) is 21.8. The second kappa shape index (κ2) is 8.85. The summed E-state index contributed by atoms with van der Waals surface area (Å²) in [6.07, 6.45) is 2.26. The molecule has 1 aliphatic heterocycles. The number of benzene rings is 3. The van der Waals surface area contributed by atoms with Gasteiger partial charge < -0.3 is 15.5 Å². The number of aldehydes is 1. The minimum atomic E-state index is -0.450. The van der Waals surface area contributed by atoms with Gasteiger partial charge in [-0.3, -0.25) is 9.59 Å². The second-order valence-electron chi connectivity index (χ2n) is 6.51. The molecule has 5 rings (SSSR count). The summed E-state index contributed by atoms with van der Waals surface area (Å²) in [5.74, 6) is -0.821. The number of aromatic nitrogens is 1. The second-order valence-corrected chi connectivity index (χ2v) is 7.59. The van der Waals surface area contributed by atoms with Crippen LogP contribution in [0.15, 0.2) is 87.2 Å². The lowest BCUT2D eigenvalue weighted by atomic mass is 10.2. The highest BCUT2D eigenvalue weighted by Crippen LogP contribution is 2.39. The van der Waals surface area contributed by atoms with Crippen molar-refractivity contribution in [2.75, 3.05) is 11.1 Å². The van der Waals surface area contributed by atoms with Crippen LogP contribution in [0.25, 0.3) is 11.3 Å². The molecule has 3 N–H and O–H groups in total. The van der Waals surface area contributed by atoms with E-state index in [9.17, 15) is 14.0 Å². The smallest absolute Gasteiger partial charge is 0.292 e. The van der Waals surface area contributed by atoms with E-state index < -0.39 is 5.82 Å². The summed E-state index contributed by atoms with van der Waals surface area (Å²) in [5, 5.41) is 2.70. The van der Waals surface area contributed by atoms with Crippen LogP contribution in [0.3, 0.4) is 0 Å². The zero-order valence-electron chi connectivity index (χ0n) is 16.0. The van der Waals surface area contributed by atoms with Gasteiger partial charge in [0, 0.05) is 20.9 Å². The van der Waals surface area contributed by atoms with Crippen molar-refractivity contribution in [3.63, 3.8) is 0 Å². The molecule has 0 radical (unpaired) electrons. The Labute approximate surface area is 181 Å². The molecule has 0 saturated carbocycles. The average Bonchev–Trinajstić information content (AvgIpc) is 3.17. The highest BCUT2D eigenvalue weighted by atomic mass is 32.2. The number of hydrogen-bond donors (Lipinski definition) is 2. The summed E-state index contributed by atoms with van der Waals surface area (Å²) in [5.41, 5.74) is 8.47. The highest BCUT2D eigenvalue weighted by Gasteiger charge is 2.20. The van der Waals surface area contributed by atoms with Gasteiger partial charge in [-0.05, 0) is 30.3 Å². The number of halogens is 1. The van der Waals surface area contributed by atoms with E-state index in [2.05, 4.69) is 10.3 Å². The monoisotopic (exact) mass is 433 g/mol. The zero-order valence-corrected chi connectivity index (χ0v) is 16.9. The van der Waals surface area contributed by atoms with E-state index in [1.807, 2.05) is 30.3 Å². The van der Waals surface area contributed by atoms with Crippen LogP contribution in [-0.2, 0) is 0 Å². The van der Waals surface area contributed by atoms with E-state index in [0.717, 1.165) is 22.4 Å². The van der Waals surface area contributed by atoms with Gasteiger partial charge >= 0.3 is 0 Å². The number of nitrogen functional groups attached to an aromatic ring is 1. The van der Waals surface area contributed by atoms with Crippen molar-refractivity contribution in [2.24, 2.45) is 0 Å². The number of nitrogens with one attached hydrogen (secondary N) is 1. The number of rotatable bonds is 2. The fourth-order valence-corrected chi connectivity index (χ4v) is 3.90. The summed E-state index contributed by atoms with van der Waals surface area (Å²) in [4.78, 5) is 28.3. The number of anilines is 2. The van der Waals surface area contributed by atoms with E-state index in [1.54, 1.807) is 30.5 Å². The predicted octanol–water partition coefficient (Wildman–Crippen LogP) is 5.28. The number of carbonyl (C=O) groups excluding carboxylic acids is 2. The van der Waals surface area contributed by atoms with Crippen molar-refractivity contribution in [2.45, 2.75) is 9.79 Å². The molecule has 0 fully saturated rings. The lowest BCUT2D eigenvalue weighted by Crippen LogP contribution is -2.12. The molecule has 0 atom stereocenters. The SMILES string of the molecule is Nc1nc(-c2ccccc2)co1.O=Cc1ccc2c(c1)NC(=O)c1cc(F)ccc1S2. The lowest BCUT2D eigenvalue weighted by molar-refractivity contribution is 0.102. The number of nitrogens with two attached hydrogens (primary N) is 1. The van der Waals surface area contributed by atoms with Crippen LogP contribution >= 0.6 is 11.8 Å². The quantitative estimate of drug-likeness (QED) is 0.418. The molecule has 6 nitrogen and oxygen atoms in total.